The van der Waals surface area contributed by atoms with Crippen LogP contribution in [0.15, 0.2) is 22.7 Å². The number of fused-ring (bicyclic) bond motifs is 1. The minimum Gasteiger partial charge on any atom is -0.493 e. The number of carbonyl (C=O) groups excluding carboxylic acids is 2. The largest absolute Gasteiger partial charge is 0.493 e. The molecule has 0 radical (unpaired) electrons. The van der Waals surface area contributed by atoms with Crippen LogP contribution in [0.25, 0.3) is 0 Å². The summed E-state index contributed by atoms with van der Waals surface area (Å²) in [4.78, 5) is 26.2. The van der Waals surface area contributed by atoms with E-state index in [1.807, 2.05) is 13.0 Å². The molecule has 0 unspecified atom stereocenters. The van der Waals surface area contributed by atoms with Gasteiger partial charge < -0.3 is 14.8 Å². The second kappa shape index (κ2) is 9.69. The van der Waals surface area contributed by atoms with Crippen LogP contribution in [0.4, 0.5) is 5.00 Å². The molecule has 1 aliphatic rings. The summed E-state index contributed by atoms with van der Waals surface area (Å²) in [6.45, 7) is 2.50. The van der Waals surface area contributed by atoms with E-state index in [4.69, 9.17) is 21.7 Å². The average molecular weight is 497 g/mol. The van der Waals surface area contributed by atoms with E-state index >= 15 is 0 Å². The van der Waals surface area contributed by atoms with Crippen LogP contribution < -0.4 is 15.4 Å². The summed E-state index contributed by atoms with van der Waals surface area (Å²) >= 11 is 10.2. The predicted octanol–water partition coefficient (Wildman–Crippen LogP) is 4.70. The van der Waals surface area contributed by atoms with Crippen LogP contribution >= 0.6 is 39.5 Å². The van der Waals surface area contributed by atoms with Crippen molar-refractivity contribution in [2.75, 3.05) is 19.0 Å². The average Bonchev–Trinajstić information content (AvgIpc) is 3.27. The van der Waals surface area contributed by atoms with Gasteiger partial charge in [0.2, 0.25) is 0 Å². The van der Waals surface area contributed by atoms with E-state index in [0.717, 1.165) is 40.6 Å². The van der Waals surface area contributed by atoms with Gasteiger partial charge in [-0.05, 0) is 61.7 Å². The third-order valence-electron chi connectivity index (χ3n) is 4.41. The van der Waals surface area contributed by atoms with E-state index in [2.05, 4.69) is 26.6 Å². The molecular formula is C20H21BrN2O4S2. The van der Waals surface area contributed by atoms with E-state index in [0.29, 0.717) is 28.5 Å². The first kappa shape index (κ1) is 21.7. The Labute approximate surface area is 187 Å². The number of hydrogen-bond acceptors (Lipinski definition) is 6. The predicted molar refractivity (Wildman–Crippen MR) is 121 cm³/mol. The van der Waals surface area contributed by atoms with Crippen molar-refractivity contribution in [3.63, 3.8) is 0 Å². The van der Waals surface area contributed by atoms with E-state index in [-0.39, 0.29) is 5.11 Å². The van der Waals surface area contributed by atoms with Crippen LogP contribution in [0.3, 0.4) is 0 Å². The van der Waals surface area contributed by atoms with Gasteiger partial charge in [0.05, 0.1) is 24.8 Å². The van der Waals surface area contributed by atoms with Crippen molar-refractivity contribution in [1.29, 1.82) is 0 Å². The molecule has 2 aromatic rings. The van der Waals surface area contributed by atoms with Gasteiger partial charge in [0.1, 0.15) is 10.8 Å². The second-order valence-electron chi connectivity index (χ2n) is 6.45. The van der Waals surface area contributed by atoms with Crippen molar-refractivity contribution in [1.82, 2.24) is 5.32 Å². The van der Waals surface area contributed by atoms with E-state index in [1.54, 1.807) is 12.1 Å². The standard InChI is InChI=1S/C20H21BrN2O4S2/c1-3-9-27-14-8-7-11(21)10-13(14)17(24)22-20(28)23-18-16(19(25)26-2)12-5-4-6-15(12)29-18/h7-8,10H,3-6,9H2,1-2H3,(H2,22,23,24,28). The Morgan fingerprint density at radius 1 is 1.31 bits per heavy atom. The van der Waals surface area contributed by atoms with Gasteiger partial charge >= 0.3 is 5.97 Å². The lowest BCUT2D eigenvalue weighted by atomic mass is 10.1. The highest BCUT2D eigenvalue weighted by atomic mass is 79.9. The molecule has 0 saturated heterocycles. The molecule has 0 fully saturated rings. The molecular weight excluding hydrogens is 476 g/mol. The number of rotatable bonds is 6. The number of hydrogen-bond donors (Lipinski definition) is 2. The van der Waals surface area contributed by atoms with Crippen LogP contribution in [0.5, 0.6) is 5.75 Å². The van der Waals surface area contributed by atoms with Gasteiger partial charge in [-0.2, -0.15) is 0 Å². The van der Waals surface area contributed by atoms with Crippen molar-refractivity contribution < 1.29 is 19.1 Å². The molecule has 3 rings (SSSR count). The molecule has 1 heterocycles. The number of benzene rings is 1. The van der Waals surface area contributed by atoms with Crippen LogP contribution in [-0.2, 0) is 17.6 Å². The van der Waals surface area contributed by atoms with Gasteiger partial charge in [0, 0.05) is 9.35 Å². The molecule has 0 atom stereocenters. The van der Waals surface area contributed by atoms with Crippen LogP contribution in [0, 0.1) is 0 Å². The van der Waals surface area contributed by atoms with Crippen molar-refractivity contribution >= 4 is 61.5 Å². The van der Waals surface area contributed by atoms with Gasteiger partial charge in [-0.3, -0.25) is 10.1 Å². The fourth-order valence-corrected chi connectivity index (χ4v) is 5.03. The summed E-state index contributed by atoms with van der Waals surface area (Å²) in [7, 11) is 1.36. The number of esters is 1. The number of nitrogens with one attached hydrogen (secondary N) is 2. The fourth-order valence-electron chi connectivity index (χ4n) is 3.13. The molecule has 9 heteroatoms. The Kier molecular flexibility index (Phi) is 7.26. The SMILES string of the molecule is CCCOc1ccc(Br)cc1C(=O)NC(=S)Nc1sc2c(c1C(=O)OC)CCC2. The molecule has 29 heavy (non-hydrogen) atoms. The molecule has 6 nitrogen and oxygen atoms in total. The first-order valence-corrected chi connectivity index (χ1v) is 11.2. The first-order valence-electron chi connectivity index (χ1n) is 9.22. The number of carbonyl (C=O) groups is 2. The normalized spacial score (nSPS) is 12.2. The lowest BCUT2D eigenvalue weighted by Crippen LogP contribution is -2.34. The Morgan fingerprint density at radius 3 is 2.83 bits per heavy atom. The zero-order valence-corrected chi connectivity index (χ0v) is 19.3. The number of thiocarbonyl (C=S) groups is 1. The number of halogens is 1. The molecule has 0 spiro atoms. The third kappa shape index (κ3) is 4.96. The minimum absolute atomic E-state index is 0.112. The monoisotopic (exact) mass is 496 g/mol. The second-order valence-corrected chi connectivity index (χ2v) is 8.88. The number of anilines is 1. The number of amides is 1. The lowest BCUT2D eigenvalue weighted by Gasteiger charge is -2.13. The highest BCUT2D eigenvalue weighted by Crippen LogP contribution is 2.39. The molecule has 154 valence electrons. The van der Waals surface area contributed by atoms with Gasteiger partial charge in [0.15, 0.2) is 5.11 Å². The zero-order valence-electron chi connectivity index (χ0n) is 16.1. The highest BCUT2D eigenvalue weighted by molar-refractivity contribution is 9.10. The van der Waals surface area contributed by atoms with Gasteiger partial charge in [0.25, 0.3) is 5.91 Å². The molecule has 0 aliphatic heterocycles. The summed E-state index contributed by atoms with van der Waals surface area (Å²) in [5, 5.41) is 6.38. The molecule has 1 aromatic carbocycles. The molecule has 0 bridgehead atoms. The van der Waals surface area contributed by atoms with E-state index in [9.17, 15) is 9.59 Å². The summed E-state index contributed by atoms with van der Waals surface area (Å²) in [6.07, 6.45) is 3.63. The fraction of sp³-hybridized carbons (Fsp3) is 0.350. The third-order valence-corrected chi connectivity index (χ3v) is 6.32. The highest BCUT2D eigenvalue weighted by Gasteiger charge is 2.28. The number of thiophene rings is 1. The maximum Gasteiger partial charge on any atom is 0.341 e. The molecule has 0 saturated carbocycles. The Bertz CT molecular complexity index is 958. The topological polar surface area (TPSA) is 76.7 Å². The summed E-state index contributed by atoms with van der Waals surface area (Å²) in [5.74, 6) is -0.303. The Morgan fingerprint density at radius 2 is 2.10 bits per heavy atom. The van der Waals surface area contributed by atoms with Gasteiger partial charge in [-0.1, -0.05) is 22.9 Å². The van der Waals surface area contributed by atoms with Crippen molar-refractivity contribution in [3.05, 3.63) is 44.2 Å². The van der Waals surface area contributed by atoms with Crippen LogP contribution in [-0.4, -0.2) is 30.7 Å². The number of aryl methyl sites for hydroxylation is 1. The molecule has 2 N–H and O–H groups in total. The summed E-state index contributed by atoms with van der Waals surface area (Å²) in [5.41, 5.74) is 1.90. The summed E-state index contributed by atoms with van der Waals surface area (Å²) in [6, 6.07) is 5.24. The minimum atomic E-state index is -0.400. The molecule has 1 amide bonds. The smallest absolute Gasteiger partial charge is 0.341 e. The number of ether oxygens (including phenoxy) is 2. The zero-order chi connectivity index (χ0) is 21.0. The van der Waals surface area contributed by atoms with Gasteiger partial charge in [-0.25, -0.2) is 4.79 Å². The molecule has 1 aromatic heterocycles. The molecule has 1 aliphatic carbocycles. The summed E-state index contributed by atoms with van der Waals surface area (Å²) < 4.78 is 11.4. The maximum absolute atomic E-state index is 12.8. The van der Waals surface area contributed by atoms with E-state index in [1.165, 1.54) is 18.4 Å². The Hall–Kier alpha value is -1.97. The van der Waals surface area contributed by atoms with Crippen molar-refractivity contribution in [3.8, 4) is 5.75 Å². The first-order chi connectivity index (χ1) is 13.9. The lowest BCUT2D eigenvalue weighted by molar-refractivity contribution is 0.0601. The van der Waals surface area contributed by atoms with Crippen molar-refractivity contribution in [2.24, 2.45) is 0 Å². The number of methoxy groups -OCH3 is 1. The van der Waals surface area contributed by atoms with Crippen molar-refractivity contribution in [2.45, 2.75) is 32.6 Å². The Balaban J connectivity index is 1.76. The van der Waals surface area contributed by atoms with E-state index < -0.39 is 11.9 Å². The maximum atomic E-state index is 12.8. The van der Waals surface area contributed by atoms with Crippen LogP contribution in [0.1, 0.15) is 50.9 Å². The van der Waals surface area contributed by atoms with Gasteiger partial charge in [-0.15, -0.1) is 11.3 Å². The van der Waals surface area contributed by atoms with Crippen LogP contribution in [0.2, 0.25) is 0 Å². The quantitative estimate of drug-likeness (QED) is 0.445.